The molecule has 0 aliphatic carbocycles. The van der Waals surface area contributed by atoms with Crippen molar-refractivity contribution in [3.05, 3.63) is 36.0 Å². The van der Waals surface area contributed by atoms with Gasteiger partial charge in [-0.25, -0.2) is 0 Å². The van der Waals surface area contributed by atoms with Gasteiger partial charge < -0.3 is 15.6 Å². The molecule has 1 aromatic heterocycles. The van der Waals surface area contributed by atoms with Crippen LogP contribution in [-0.2, 0) is 11.3 Å². The lowest BCUT2D eigenvalue weighted by molar-refractivity contribution is -0.123. The Hall–Kier alpha value is -1.81. The van der Waals surface area contributed by atoms with Crippen LogP contribution in [0.4, 0.5) is 0 Å². The second kappa shape index (κ2) is 6.57. The van der Waals surface area contributed by atoms with E-state index in [-0.39, 0.29) is 11.9 Å². The first kappa shape index (κ1) is 14.6. The number of H-pyrrole nitrogens is 1. The van der Waals surface area contributed by atoms with Gasteiger partial charge in [0.05, 0.1) is 6.04 Å². The number of likely N-dealkylation sites (N-methyl/N-ethyl adjacent to an activating group) is 1. The van der Waals surface area contributed by atoms with Crippen molar-refractivity contribution in [2.75, 3.05) is 7.05 Å². The zero-order valence-corrected chi connectivity index (χ0v) is 12.4. The van der Waals surface area contributed by atoms with Crippen molar-refractivity contribution in [3.8, 4) is 0 Å². The molecule has 108 valence electrons. The van der Waals surface area contributed by atoms with E-state index in [1.54, 1.807) is 7.05 Å². The summed E-state index contributed by atoms with van der Waals surface area (Å²) in [6.07, 6.45) is 2.78. The first-order valence-electron chi connectivity index (χ1n) is 7.11. The van der Waals surface area contributed by atoms with Crippen molar-refractivity contribution < 1.29 is 4.79 Å². The van der Waals surface area contributed by atoms with Crippen molar-refractivity contribution in [3.63, 3.8) is 0 Å². The first-order valence-corrected chi connectivity index (χ1v) is 7.11. The molecule has 3 N–H and O–H groups in total. The monoisotopic (exact) mass is 273 g/mol. The van der Waals surface area contributed by atoms with Crippen LogP contribution in [-0.4, -0.2) is 24.0 Å². The Morgan fingerprint density at radius 3 is 2.80 bits per heavy atom. The van der Waals surface area contributed by atoms with Crippen molar-refractivity contribution in [2.45, 2.75) is 32.9 Å². The molecule has 0 radical (unpaired) electrons. The Labute approximate surface area is 120 Å². The summed E-state index contributed by atoms with van der Waals surface area (Å²) >= 11 is 0. The number of nitrogens with one attached hydrogen (secondary N) is 3. The molecule has 1 heterocycles. The van der Waals surface area contributed by atoms with E-state index in [0.717, 1.165) is 11.9 Å². The van der Waals surface area contributed by atoms with Gasteiger partial charge in [0.15, 0.2) is 0 Å². The fourth-order valence-corrected chi connectivity index (χ4v) is 2.47. The highest BCUT2D eigenvalue weighted by molar-refractivity contribution is 5.83. The van der Waals surface area contributed by atoms with Gasteiger partial charge in [-0.3, -0.25) is 4.79 Å². The van der Waals surface area contributed by atoms with Crippen LogP contribution in [0.25, 0.3) is 10.9 Å². The molecule has 20 heavy (non-hydrogen) atoms. The zero-order chi connectivity index (χ0) is 14.5. The van der Waals surface area contributed by atoms with Crippen LogP contribution < -0.4 is 10.6 Å². The Kier molecular flexibility index (Phi) is 4.79. The third-order valence-corrected chi connectivity index (χ3v) is 3.49. The van der Waals surface area contributed by atoms with Gasteiger partial charge in [0.1, 0.15) is 0 Å². The van der Waals surface area contributed by atoms with Gasteiger partial charge in [-0.15, -0.1) is 0 Å². The van der Waals surface area contributed by atoms with E-state index in [9.17, 15) is 4.79 Å². The van der Waals surface area contributed by atoms with Crippen LogP contribution in [0.5, 0.6) is 0 Å². The lowest BCUT2D eigenvalue weighted by Crippen LogP contribution is -2.43. The normalized spacial score (nSPS) is 12.8. The minimum atomic E-state index is -0.144. The fraction of sp³-hybridized carbons (Fsp3) is 0.438. The number of carbonyl (C=O) groups is 1. The molecule has 4 nitrogen and oxygen atoms in total. The van der Waals surface area contributed by atoms with Gasteiger partial charge in [-0.05, 0) is 30.0 Å². The number of hydrogen-bond donors (Lipinski definition) is 3. The standard InChI is InChI=1S/C16H23N3O/c1-11(2)9-15(16(20)17-3)19-10-12-5-4-6-14-13(12)7-8-18-14/h4-8,11,15,18-19H,9-10H2,1-3H3,(H,17,20). The lowest BCUT2D eigenvalue weighted by Gasteiger charge is -2.19. The number of aromatic amines is 1. The number of carbonyl (C=O) groups excluding carboxylic acids is 1. The molecule has 0 aliphatic heterocycles. The van der Waals surface area contributed by atoms with E-state index < -0.39 is 0 Å². The third kappa shape index (κ3) is 3.39. The van der Waals surface area contributed by atoms with Crippen LogP contribution in [0.1, 0.15) is 25.8 Å². The summed E-state index contributed by atoms with van der Waals surface area (Å²) in [5.74, 6) is 0.535. The Morgan fingerprint density at radius 2 is 2.10 bits per heavy atom. The van der Waals surface area contributed by atoms with E-state index in [2.05, 4.69) is 47.7 Å². The van der Waals surface area contributed by atoms with E-state index in [4.69, 9.17) is 0 Å². The van der Waals surface area contributed by atoms with Gasteiger partial charge >= 0.3 is 0 Å². The second-order valence-corrected chi connectivity index (χ2v) is 5.53. The molecular weight excluding hydrogens is 250 g/mol. The van der Waals surface area contributed by atoms with Gasteiger partial charge in [0.25, 0.3) is 0 Å². The molecule has 1 amide bonds. The summed E-state index contributed by atoms with van der Waals surface area (Å²) in [5.41, 5.74) is 2.34. The molecule has 2 aromatic rings. The smallest absolute Gasteiger partial charge is 0.236 e. The molecule has 0 aliphatic rings. The quantitative estimate of drug-likeness (QED) is 0.757. The number of amides is 1. The first-order chi connectivity index (χ1) is 9.61. The maximum absolute atomic E-state index is 11.9. The molecule has 1 unspecified atom stereocenters. The predicted octanol–water partition coefficient (Wildman–Crippen LogP) is 2.42. The van der Waals surface area contributed by atoms with E-state index in [1.807, 2.05) is 12.3 Å². The minimum absolute atomic E-state index is 0.0555. The van der Waals surface area contributed by atoms with Crippen LogP contribution in [0.15, 0.2) is 30.5 Å². The molecule has 0 bridgehead atoms. The fourth-order valence-electron chi connectivity index (χ4n) is 2.47. The lowest BCUT2D eigenvalue weighted by atomic mass is 10.0. The number of hydrogen-bond acceptors (Lipinski definition) is 2. The molecule has 0 fully saturated rings. The molecule has 0 saturated heterocycles. The van der Waals surface area contributed by atoms with Gasteiger partial charge in [0.2, 0.25) is 5.91 Å². The number of fused-ring (bicyclic) bond motifs is 1. The Morgan fingerprint density at radius 1 is 1.30 bits per heavy atom. The minimum Gasteiger partial charge on any atom is -0.361 e. The van der Waals surface area contributed by atoms with E-state index in [0.29, 0.717) is 12.5 Å². The molecule has 1 atom stereocenters. The molecule has 0 spiro atoms. The number of rotatable bonds is 6. The average Bonchev–Trinajstić information content (AvgIpc) is 2.91. The highest BCUT2D eigenvalue weighted by atomic mass is 16.2. The van der Waals surface area contributed by atoms with Crippen LogP contribution >= 0.6 is 0 Å². The maximum Gasteiger partial charge on any atom is 0.236 e. The summed E-state index contributed by atoms with van der Waals surface area (Å²) in [6, 6.07) is 8.12. The summed E-state index contributed by atoms with van der Waals surface area (Å²) in [7, 11) is 1.68. The van der Waals surface area contributed by atoms with E-state index in [1.165, 1.54) is 10.9 Å². The molecule has 1 aromatic carbocycles. The largest absolute Gasteiger partial charge is 0.361 e. The Balaban J connectivity index is 2.08. The molecule has 0 saturated carbocycles. The Bertz CT molecular complexity index is 574. The number of benzene rings is 1. The predicted molar refractivity (Wildman–Crippen MR) is 82.4 cm³/mol. The van der Waals surface area contributed by atoms with Crippen LogP contribution in [0.3, 0.4) is 0 Å². The highest BCUT2D eigenvalue weighted by Gasteiger charge is 2.18. The summed E-state index contributed by atoms with van der Waals surface area (Å²) < 4.78 is 0. The van der Waals surface area contributed by atoms with Crippen LogP contribution in [0.2, 0.25) is 0 Å². The number of aromatic nitrogens is 1. The highest BCUT2D eigenvalue weighted by Crippen LogP contribution is 2.17. The van der Waals surface area contributed by atoms with Gasteiger partial charge in [-0.2, -0.15) is 0 Å². The zero-order valence-electron chi connectivity index (χ0n) is 12.4. The maximum atomic E-state index is 11.9. The topological polar surface area (TPSA) is 56.9 Å². The molecule has 4 heteroatoms. The average molecular weight is 273 g/mol. The molecular formula is C16H23N3O. The summed E-state index contributed by atoms with van der Waals surface area (Å²) in [4.78, 5) is 15.1. The summed E-state index contributed by atoms with van der Waals surface area (Å²) in [6.45, 7) is 4.95. The van der Waals surface area contributed by atoms with Crippen molar-refractivity contribution in [2.24, 2.45) is 5.92 Å². The van der Waals surface area contributed by atoms with Gasteiger partial charge in [-0.1, -0.05) is 26.0 Å². The van der Waals surface area contributed by atoms with Crippen molar-refractivity contribution >= 4 is 16.8 Å². The van der Waals surface area contributed by atoms with Crippen LogP contribution in [0, 0.1) is 5.92 Å². The van der Waals surface area contributed by atoms with Crippen molar-refractivity contribution in [1.29, 1.82) is 0 Å². The second-order valence-electron chi connectivity index (χ2n) is 5.53. The van der Waals surface area contributed by atoms with Crippen molar-refractivity contribution in [1.82, 2.24) is 15.6 Å². The third-order valence-electron chi connectivity index (χ3n) is 3.49. The van der Waals surface area contributed by atoms with Gasteiger partial charge in [0, 0.05) is 30.7 Å². The SMILES string of the molecule is CNC(=O)C(CC(C)C)NCc1cccc2[nH]ccc12. The summed E-state index contributed by atoms with van der Waals surface area (Å²) in [5, 5.41) is 7.31. The van der Waals surface area contributed by atoms with E-state index >= 15 is 0 Å². The molecule has 2 rings (SSSR count).